The number of anilines is 1. The van der Waals surface area contributed by atoms with Crippen molar-refractivity contribution in [2.45, 2.75) is 13.0 Å². The Morgan fingerprint density at radius 3 is 2.38 bits per heavy atom. The molecule has 3 aromatic rings. The van der Waals surface area contributed by atoms with Crippen LogP contribution in [0.4, 0.5) is 5.95 Å². The van der Waals surface area contributed by atoms with Gasteiger partial charge in [-0.15, -0.1) is 0 Å². The molecule has 1 N–H and O–H groups in total. The summed E-state index contributed by atoms with van der Waals surface area (Å²) in [6.45, 7) is 1.93. The molecule has 144 valence electrons. The first-order chi connectivity index (χ1) is 14.0. The number of amides is 1. The maximum absolute atomic E-state index is 13.0. The van der Waals surface area contributed by atoms with Crippen LogP contribution in [0.25, 0.3) is 5.76 Å². The Morgan fingerprint density at radius 2 is 1.72 bits per heavy atom. The molecule has 0 aliphatic carbocycles. The minimum atomic E-state index is -0.851. The fourth-order valence-electron chi connectivity index (χ4n) is 3.31. The van der Waals surface area contributed by atoms with Gasteiger partial charge in [0.2, 0.25) is 5.95 Å². The summed E-state index contributed by atoms with van der Waals surface area (Å²) in [4.78, 5) is 35.4. The lowest BCUT2D eigenvalue weighted by atomic mass is 9.95. The summed E-state index contributed by atoms with van der Waals surface area (Å²) >= 11 is 3.43. The van der Waals surface area contributed by atoms with Crippen LogP contribution < -0.4 is 4.90 Å². The Balaban J connectivity index is 1.95. The summed E-state index contributed by atoms with van der Waals surface area (Å²) < 4.78 is 0.782. The summed E-state index contributed by atoms with van der Waals surface area (Å²) in [5, 5.41) is 11.0. The number of aromatic nitrogens is 2. The molecule has 0 saturated carbocycles. The maximum atomic E-state index is 13.0. The molecule has 1 fully saturated rings. The number of aryl methyl sites for hydroxylation is 1. The number of benzene rings is 2. The molecule has 1 saturated heterocycles. The highest BCUT2D eigenvalue weighted by Gasteiger charge is 2.48. The first kappa shape index (κ1) is 19.0. The van der Waals surface area contributed by atoms with E-state index in [1.165, 1.54) is 17.3 Å². The number of hydrogen-bond acceptors (Lipinski definition) is 5. The lowest BCUT2D eigenvalue weighted by Gasteiger charge is -2.23. The Labute approximate surface area is 175 Å². The predicted octanol–water partition coefficient (Wildman–Crippen LogP) is 4.17. The maximum Gasteiger partial charge on any atom is 0.302 e. The molecule has 0 bridgehead atoms. The zero-order valence-corrected chi connectivity index (χ0v) is 17.0. The van der Waals surface area contributed by atoms with Crippen molar-refractivity contribution in [2.24, 2.45) is 0 Å². The number of Topliss-reactive ketones (excluding diaryl/α,β-unsaturated/α-hetero) is 1. The molecule has 0 radical (unpaired) electrons. The van der Waals surface area contributed by atoms with Gasteiger partial charge < -0.3 is 5.11 Å². The zero-order valence-electron chi connectivity index (χ0n) is 15.4. The van der Waals surface area contributed by atoms with E-state index in [4.69, 9.17) is 0 Å². The van der Waals surface area contributed by atoms with Crippen LogP contribution in [-0.2, 0) is 9.59 Å². The molecule has 6 nitrogen and oxygen atoms in total. The number of ketones is 1. The predicted molar refractivity (Wildman–Crippen MR) is 112 cm³/mol. The van der Waals surface area contributed by atoms with Gasteiger partial charge in [-0.05, 0) is 30.7 Å². The standard InChI is InChI=1S/C22H16BrN3O3/c1-13-6-8-14(9-7-13)19(27)17-18(15-4-2-5-16(23)12-15)26(21(29)20(17)28)22-24-10-3-11-25-22/h2-12,18,27H,1H3/t18-/m1/s1. The molecule has 0 spiro atoms. The molecule has 7 heteroatoms. The van der Waals surface area contributed by atoms with Gasteiger partial charge in [0, 0.05) is 22.4 Å². The Bertz CT molecular complexity index is 1130. The van der Waals surface area contributed by atoms with Crippen LogP contribution >= 0.6 is 15.9 Å². The minimum absolute atomic E-state index is 0.00408. The molecule has 4 rings (SSSR count). The second kappa shape index (κ2) is 7.60. The van der Waals surface area contributed by atoms with Gasteiger partial charge in [0.25, 0.3) is 5.78 Å². The minimum Gasteiger partial charge on any atom is -0.507 e. The zero-order chi connectivity index (χ0) is 20.5. The summed E-state index contributed by atoms with van der Waals surface area (Å²) in [7, 11) is 0. The quantitative estimate of drug-likeness (QED) is 0.368. The van der Waals surface area contributed by atoms with Crippen LogP contribution in [0.1, 0.15) is 22.7 Å². The lowest BCUT2D eigenvalue weighted by Crippen LogP contribution is -2.31. The van der Waals surface area contributed by atoms with E-state index in [2.05, 4.69) is 25.9 Å². The van der Waals surface area contributed by atoms with Crippen molar-refractivity contribution in [1.82, 2.24) is 9.97 Å². The number of carbonyl (C=O) groups is 2. The van der Waals surface area contributed by atoms with Crippen molar-refractivity contribution in [3.8, 4) is 0 Å². The van der Waals surface area contributed by atoms with Crippen LogP contribution in [0.5, 0.6) is 0 Å². The number of aliphatic hydroxyl groups is 1. The van der Waals surface area contributed by atoms with Crippen molar-refractivity contribution < 1.29 is 14.7 Å². The van der Waals surface area contributed by atoms with Crippen molar-refractivity contribution in [3.05, 3.63) is 93.7 Å². The van der Waals surface area contributed by atoms with Gasteiger partial charge >= 0.3 is 5.91 Å². The van der Waals surface area contributed by atoms with E-state index in [0.717, 1.165) is 10.0 Å². The number of hydrogen-bond donors (Lipinski definition) is 1. The van der Waals surface area contributed by atoms with Crippen molar-refractivity contribution >= 4 is 39.3 Å². The molecule has 0 unspecified atom stereocenters. The Hall–Kier alpha value is -3.32. The normalized spacial score (nSPS) is 18.3. The van der Waals surface area contributed by atoms with E-state index in [1.54, 1.807) is 36.4 Å². The van der Waals surface area contributed by atoms with E-state index < -0.39 is 17.7 Å². The van der Waals surface area contributed by atoms with Crippen LogP contribution in [0.3, 0.4) is 0 Å². The van der Waals surface area contributed by atoms with E-state index in [0.29, 0.717) is 11.1 Å². The van der Waals surface area contributed by atoms with Gasteiger partial charge in [-0.3, -0.25) is 14.5 Å². The summed E-state index contributed by atoms with van der Waals surface area (Å²) in [5.41, 5.74) is 2.13. The van der Waals surface area contributed by atoms with Crippen molar-refractivity contribution in [3.63, 3.8) is 0 Å². The number of rotatable bonds is 3. The number of aliphatic hydroxyl groups excluding tert-OH is 1. The second-order valence-electron chi connectivity index (χ2n) is 6.64. The molecular weight excluding hydrogens is 434 g/mol. The van der Waals surface area contributed by atoms with Crippen molar-refractivity contribution in [2.75, 3.05) is 4.90 Å². The molecule has 1 aliphatic rings. The van der Waals surface area contributed by atoms with Crippen LogP contribution in [0.15, 0.2) is 77.0 Å². The third-order valence-electron chi connectivity index (χ3n) is 4.70. The smallest absolute Gasteiger partial charge is 0.302 e. The van der Waals surface area contributed by atoms with Gasteiger partial charge in [-0.1, -0.05) is 57.9 Å². The highest BCUT2D eigenvalue weighted by atomic mass is 79.9. The molecule has 29 heavy (non-hydrogen) atoms. The number of halogens is 1. The highest BCUT2D eigenvalue weighted by molar-refractivity contribution is 9.10. The lowest BCUT2D eigenvalue weighted by molar-refractivity contribution is -0.132. The summed E-state index contributed by atoms with van der Waals surface area (Å²) in [6, 6.07) is 15.1. The van der Waals surface area contributed by atoms with E-state index >= 15 is 0 Å². The van der Waals surface area contributed by atoms with Gasteiger partial charge in [0.15, 0.2) is 0 Å². The van der Waals surface area contributed by atoms with Gasteiger partial charge in [-0.2, -0.15) is 0 Å². The third-order valence-corrected chi connectivity index (χ3v) is 5.19. The fraction of sp³-hybridized carbons (Fsp3) is 0.0909. The fourth-order valence-corrected chi connectivity index (χ4v) is 3.73. The Kier molecular flexibility index (Phi) is 4.98. The molecule has 1 amide bonds. The highest BCUT2D eigenvalue weighted by Crippen LogP contribution is 2.41. The van der Waals surface area contributed by atoms with Crippen LogP contribution in [0, 0.1) is 6.92 Å². The SMILES string of the molecule is Cc1ccc(C(O)=C2C(=O)C(=O)N(c3ncccn3)[C@@H]2c2cccc(Br)c2)cc1. The molecule has 1 atom stereocenters. The largest absolute Gasteiger partial charge is 0.507 e. The molecule has 1 aliphatic heterocycles. The summed E-state index contributed by atoms with van der Waals surface area (Å²) in [5.74, 6) is -1.69. The first-order valence-corrected chi connectivity index (χ1v) is 9.67. The Morgan fingerprint density at radius 1 is 1.03 bits per heavy atom. The average Bonchev–Trinajstić information content (AvgIpc) is 2.99. The molecule has 2 aromatic carbocycles. The van der Waals surface area contributed by atoms with Crippen LogP contribution in [0.2, 0.25) is 0 Å². The average molecular weight is 450 g/mol. The van der Waals surface area contributed by atoms with E-state index in [9.17, 15) is 14.7 Å². The second-order valence-corrected chi connectivity index (χ2v) is 7.55. The number of nitrogens with zero attached hydrogens (tertiary/aromatic N) is 3. The van der Waals surface area contributed by atoms with Gasteiger partial charge in [0.1, 0.15) is 5.76 Å². The number of carbonyl (C=O) groups excluding carboxylic acids is 2. The molecule has 1 aromatic heterocycles. The van der Waals surface area contributed by atoms with Crippen molar-refractivity contribution in [1.29, 1.82) is 0 Å². The van der Waals surface area contributed by atoms with Gasteiger partial charge in [-0.25, -0.2) is 9.97 Å². The van der Waals surface area contributed by atoms with E-state index in [-0.39, 0.29) is 17.3 Å². The van der Waals surface area contributed by atoms with Gasteiger partial charge in [0.05, 0.1) is 11.6 Å². The summed E-state index contributed by atoms with van der Waals surface area (Å²) in [6.07, 6.45) is 3.00. The molecular formula is C22H16BrN3O3. The third kappa shape index (κ3) is 3.45. The van der Waals surface area contributed by atoms with E-state index in [1.807, 2.05) is 25.1 Å². The molecule has 2 heterocycles. The topological polar surface area (TPSA) is 83.4 Å². The monoisotopic (exact) mass is 449 g/mol. The van der Waals surface area contributed by atoms with Crippen LogP contribution in [-0.4, -0.2) is 26.8 Å². The first-order valence-electron chi connectivity index (χ1n) is 8.88.